The van der Waals surface area contributed by atoms with Crippen molar-refractivity contribution in [2.24, 2.45) is 35.5 Å². The van der Waals surface area contributed by atoms with Gasteiger partial charge >= 0.3 is 5.97 Å². The highest BCUT2D eigenvalue weighted by Gasteiger charge is 2.67. The summed E-state index contributed by atoms with van der Waals surface area (Å²) in [5, 5.41) is 0.530. The summed E-state index contributed by atoms with van der Waals surface area (Å²) in [6.07, 6.45) is 5.43. The van der Waals surface area contributed by atoms with E-state index < -0.39 is 5.97 Å². The quantitative estimate of drug-likeness (QED) is 0.325. The Balaban J connectivity index is 1.27. The highest BCUT2D eigenvalue weighted by molar-refractivity contribution is 6.30. The molecular formula is C24H18ClNO4. The molecule has 4 aliphatic carbocycles. The molecule has 3 fully saturated rings. The minimum Gasteiger partial charge on any atom is -0.423 e. The molecule has 2 bridgehead atoms. The summed E-state index contributed by atoms with van der Waals surface area (Å²) in [6.45, 7) is 0. The molecule has 2 amide bonds. The molecular weight excluding hydrogens is 402 g/mol. The molecule has 1 aliphatic heterocycles. The molecule has 30 heavy (non-hydrogen) atoms. The average molecular weight is 420 g/mol. The van der Waals surface area contributed by atoms with Crippen molar-refractivity contribution in [3.63, 3.8) is 0 Å². The third-order valence-electron chi connectivity index (χ3n) is 7.03. The Morgan fingerprint density at radius 2 is 1.57 bits per heavy atom. The number of halogens is 1. The first-order valence-electron chi connectivity index (χ1n) is 10.2. The second kappa shape index (κ2) is 6.29. The van der Waals surface area contributed by atoms with Gasteiger partial charge in [-0.3, -0.25) is 9.59 Å². The van der Waals surface area contributed by atoms with Gasteiger partial charge in [-0.25, -0.2) is 9.69 Å². The molecule has 2 aromatic carbocycles. The van der Waals surface area contributed by atoms with Gasteiger partial charge < -0.3 is 4.74 Å². The van der Waals surface area contributed by atoms with E-state index in [1.807, 2.05) is 0 Å². The van der Waals surface area contributed by atoms with E-state index >= 15 is 0 Å². The van der Waals surface area contributed by atoms with Crippen LogP contribution in [0.2, 0.25) is 5.02 Å². The number of anilines is 1. The van der Waals surface area contributed by atoms with Crippen molar-refractivity contribution in [2.45, 2.75) is 6.42 Å². The largest absolute Gasteiger partial charge is 0.423 e. The Kier molecular flexibility index (Phi) is 3.75. The number of carbonyl (C=O) groups is 3. The maximum absolute atomic E-state index is 13.2. The molecule has 7 rings (SSSR count). The van der Waals surface area contributed by atoms with Crippen molar-refractivity contribution >= 4 is 35.1 Å². The molecule has 1 saturated heterocycles. The number of ether oxygens (including phenoxy) is 1. The summed E-state index contributed by atoms with van der Waals surface area (Å²) in [7, 11) is 0. The molecule has 5 nitrogen and oxygen atoms in total. The van der Waals surface area contributed by atoms with Gasteiger partial charge in [0.25, 0.3) is 0 Å². The van der Waals surface area contributed by atoms with Crippen LogP contribution in [0.15, 0.2) is 60.7 Å². The van der Waals surface area contributed by atoms with Gasteiger partial charge in [0.1, 0.15) is 5.75 Å². The first-order chi connectivity index (χ1) is 14.5. The van der Waals surface area contributed by atoms with Crippen LogP contribution >= 0.6 is 11.6 Å². The van der Waals surface area contributed by atoms with Crippen LogP contribution in [0.25, 0.3) is 0 Å². The minimum absolute atomic E-state index is 0.129. The van der Waals surface area contributed by atoms with Crippen molar-refractivity contribution in [1.29, 1.82) is 0 Å². The molecule has 0 radical (unpaired) electrons. The Hall–Kier alpha value is -2.92. The predicted octanol–water partition coefficient (Wildman–Crippen LogP) is 4.12. The van der Waals surface area contributed by atoms with Crippen molar-refractivity contribution in [1.82, 2.24) is 0 Å². The van der Waals surface area contributed by atoms with Crippen molar-refractivity contribution in [3.8, 4) is 5.75 Å². The molecule has 1 heterocycles. The zero-order valence-corrected chi connectivity index (χ0v) is 16.7. The maximum Gasteiger partial charge on any atom is 0.343 e. The smallest absolute Gasteiger partial charge is 0.343 e. The zero-order chi connectivity index (χ0) is 20.6. The molecule has 6 atom stereocenters. The van der Waals surface area contributed by atoms with E-state index in [-0.39, 0.29) is 41.2 Å². The van der Waals surface area contributed by atoms with Crippen LogP contribution in [0.4, 0.5) is 5.69 Å². The molecule has 2 saturated carbocycles. The van der Waals surface area contributed by atoms with Crippen LogP contribution in [-0.4, -0.2) is 17.8 Å². The Labute approximate surface area is 178 Å². The van der Waals surface area contributed by atoms with E-state index in [1.165, 1.54) is 4.90 Å². The first-order valence-corrected chi connectivity index (χ1v) is 10.5. The molecule has 0 N–H and O–H groups in total. The second-order valence-corrected chi connectivity index (χ2v) is 9.00. The number of hydrogen-bond acceptors (Lipinski definition) is 4. The van der Waals surface area contributed by atoms with E-state index in [4.69, 9.17) is 16.3 Å². The van der Waals surface area contributed by atoms with E-state index in [0.717, 1.165) is 6.42 Å². The summed E-state index contributed by atoms with van der Waals surface area (Å²) in [5.74, 6) is 0.467. The average Bonchev–Trinajstić information content (AvgIpc) is 3.52. The predicted molar refractivity (Wildman–Crippen MR) is 110 cm³/mol. The molecule has 150 valence electrons. The van der Waals surface area contributed by atoms with Gasteiger partial charge in [-0.2, -0.15) is 0 Å². The number of allylic oxidation sites excluding steroid dienone is 2. The summed E-state index contributed by atoms with van der Waals surface area (Å²) in [4.78, 5) is 40.2. The fraction of sp³-hybridized carbons (Fsp3) is 0.292. The third-order valence-corrected chi connectivity index (χ3v) is 7.28. The highest BCUT2D eigenvalue weighted by atomic mass is 35.5. The zero-order valence-electron chi connectivity index (χ0n) is 15.9. The van der Waals surface area contributed by atoms with Gasteiger partial charge in [0.2, 0.25) is 11.8 Å². The number of esters is 1. The van der Waals surface area contributed by atoms with Crippen LogP contribution < -0.4 is 9.64 Å². The SMILES string of the molecule is O=C(Oc1cccc(N2C(=O)[C@@H]3[C@H]4C=C[C@@H]([C@@H]5C[C@@H]45)[C@@H]3C2=O)c1)c1ccc(Cl)cc1. The van der Waals surface area contributed by atoms with Gasteiger partial charge in [-0.15, -0.1) is 0 Å². The van der Waals surface area contributed by atoms with Crippen molar-refractivity contribution in [2.75, 3.05) is 4.90 Å². The summed E-state index contributed by atoms with van der Waals surface area (Å²) >= 11 is 5.86. The molecule has 0 spiro atoms. The third kappa shape index (κ3) is 2.51. The minimum atomic E-state index is -0.529. The summed E-state index contributed by atoms with van der Waals surface area (Å²) < 4.78 is 5.46. The topological polar surface area (TPSA) is 63.7 Å². The molecule has 5 aliphatic rings. The molecule has 0 aromatic heterocycles. The standard InChI is InChI=1S/C24H18ClNO4/c25-13-6-4-12(5-7-13)24(29)30-15-3-1-2-14(10-15)26-22(27)20-16-8-9-17(19-11-18(16)19)21(20)23(26)28/h1-10,16-21H,11H2/t16-,17-,18-,19-,20-,21+/m0/s1. The van der Waals surface area contributed by atoms with E-state index in [1.54, 1.807) is 48.5 Å². The number of benzene rings is 2. The monoisotopic (exact) mass is 419 g/mol. The van der Waals surface area contributed by atoms with Crippen LogP contribution in [0.1, 0.15) is 16.8 Å². The first kappa shape index (κ1) is 17.9. The highest BCUT2D eigenvalue weighted by Crippen LogP contribution is 2.65. The van der Waals surface area contributed by atoms with Gasteiger partial charge in [0, 0.05) is 11.1 Å². The lowest BCUT2D eigenvalue weighted by molar-refractivity contribution is -0.124. The lowest BCUT2D eigenvalue weighted by Crippen LogP contribution is -2.40. The Bertz CT molecular complexity index is 1090. The van der Waals surface area contributed by atoms with Gasteiger partial charge in [-0.1, -0.05) is 29.8 Å². The number of nitrogens with zero attached hydrogens (tertiary/aromatic N) is 1. The van der Waals surface area contributed by atoms with Crippen LogP contribution in [0.3, 0.4) is 0 Å². The second-order valence-electron chi connectivity index (χ2n) is 8.56. The normalized spacial score (nSPS) is 32.8. The molecule has 0 unspecified atom stereocenters. The van der Waals surface area contributed by atoms with Gasteiger partial charge in [0.15, 0.2) is 0 Å². The number of hydrogen-bond donors (Lipinski definition) is 0. The van der Waals surface area contributed by atoms with Crippen LogP contribution in [0.5, 0.6) is 5.75 Å². The fourth-order valence-corrected chi connectivity index (χ4v) is 5.78. The molecule has 6 heteroatoms. The molecule has 2 aromatic rings. The lowest BCUT2D eigenvalue weighted by Gasteiger charge is -2.37. The number of imide groups is 1. The van der Waals surface area contributed by atoms with E-state index in [0.29, 0.717) is 28.1 Å². The van der Waals surface area contributed by atoms with Crippen molar-refractivity contribution < 1.29 is 19.1 Å². The van der Waals surface area contributed by atoms with E-state index in [2.05, 4.69) is 12.2 Å². The Morgan fingerprint density at radius 3 is 2.20 bits per heavy atom. The van der Waals surface area contributed by atoms with Crippen molar-refractivity contribution in [3.05, 3.63) is 71.3 Å². The van der Waals surface area contributed by atoms with Crippen LogP contribution in [0, 0.1) is 35.5 Å². The van der Waals surface area contributed by atoms with Crippen LogP contribution in [-0.2, 0) is 9.59 Å². The maximum atomic E-state index is 13.2. The number of rotatable bonds is 3. The summed E-state index contributed by atoms with van der Waals surface area (Å²) in [6, 6.07) is 13.0. The Morgan fingerprint density at radius 1 is 0.933 bits per heavy atom. The number of carbonyl (C=O) groups excluding carboxylic acids is 3. The number of amides is 2. The lowest BCUT2D eigenvalue weighted by atomic mass is 9.63. The van der Waals surface area contributed by atoms with E-state index in [9.17, 15) is 14.4 Å². The van der Waals surface area contributed by atoms with Gasteiger partial charge in [-0.05, 0) is 66.5 Å². The van der Waals surface area contributed by atoms with Gasteiger partial charge in [0.05, 0.1) is 23.1 Å². The fourth-order valence-electron chi connectivity index (χ4n) is 5.65. The summed E-state index contributed by atoms with van der Waals surface area (Å²) in [5.41, 5.74) is 0.819.